The van der Waals surface area contributed by atoms with E-state index in [1.54, 1.807) is 35.6 Å². The summed E-state index contributed by atoms with van der Waals surface area (Å²) in [5, 5.41) is 15.9. The molecule has 0 unspecified atom stereocenters. The number of hydrogen-bond donors (Lipinski definition) is 2. The van der Waals surface area contributed by atoms with Crippen LogP contribution >= 0.6 is 39.5 Å². The number of nitriles is 1. The summed E-state index contributed by atoms with van der Waals surface area (Å²) in [6.45, 7) is 0. The Bertz CT molecular complexity index is 821. The Labute approximate surface area is 151 Å². The van der Waals surface area contributed by atoms with Gasteiger partial charge in [-0.1, -0.05) is 15.9 Å². The summed E-state index contributed by atoms with van der Waals surface area (Å²) in [6.07, 6.45) is 3.05. The molecule has 1 heterocycles. The molecule has 3 rings (SSSR count). The number of halogens is 1. The molecule has 0 saturated heterocycles. The second-order valence-electron chi connectivity index (χ2n) is 5.09. The summed E-state index contributed by atoms with van der Waals surface area (Å²) in [4.78, 5) is 13.4. The highest BCUT2D eigenvalue weighted by molar-refractivity contribution is 9.10. The number of carbonyl (C=O) groups excluding carboxylic acids is 1. The monoisotopic (exact) mass is 405 g/mol. The lowest BCUT2D eigenvalue weighted by Crippen LogP contribution is -2.34. The van der Waals surface area contributed by atoms with Crippen LogP contribution in [0.5, 0.6) is 0 Å². The van der Waals surface area contributed by atoms with Crippen molar-refractivity contribution in [1.82, 2.24) is 5.32 Å². The van der Waals surface area contributed by atoms with E-state index in [1.165, 1.54) is 4.88 Å². The quantitative estimate of drug-likeness (QED) is 0.741. The van der Waals surface area contributed by atoms with Gasteiger partial charge in [0, 0.05) is 14.9 Å². The number of anilines is 1. The normalized spacial score (nSPS) is 12.3. The van der Waals surface area contributed by atoms with Crippen molar-refractivity contribution in [2.24, 2.45) is 0 Å². The largest absolute Gasteiger partial charge is 0.323 e. The lowest BCUT2D eigenvalue weighted by molar-refractivity contribution is 0.0977. The minimum absolute atomic E-state index is 0.203. The summed E-state index contributed by atoms with van der Waals surface area (Å²) in [5.41, 5.74) is 2.30. The number of amides is 1. The van der Waals surface area contributed by atoms with E-state index in [0.717, 1.165) is 34.3 Å². The molecule has 23 heavy (non-hydrogen) atoms. The zero-order valence-corrected chi connectivity index (χ0v) is 15.2. The number of carbonyl (C=O) groups is 1. The Kier molecular flexibility index (Phi) is 4.76. The number of benzene rings is 1. The molecule has 0 saturated carbocycles. The van der Waals surface area contributed by atoms with Crippen molar-refractivity contribution in [1.29, 1.82) is 5.26 Å². The number of nitrogens with zero attached hydrogens (tertiary/aromatic N) is 1. The minimum Gasteiger partial charge on any atom is -0.323 e. The van der Waals surface area contributed by atoms with Crippen LogP contribution in [0.4, 0.5) is 5.00 Å². The van der Waals surface area contributed by atoms with Crippen LogP contribution in [0.2, 0.25) is 0 Å². The van der Waals surface area contributed by atoms with Gasteiger partial charge in [-0.2, -0.15) is 5.26 Å². The maximum atomic E-state index is 12.1. The number of rotatable bonds is 2. The van der Waals surface area contributed by atoms with Gasteiger partial charge < -0.3 is 5.32 Å². The van der Waals surface area contributed by atoms with Gasteiger partial charge in [-0.05, 0) is 61.3 Å². The third kappa shape index (κ3) is 3.44. The predicted molar refractivity (Wildman–Crippen MR) is 98.9 cm³/mol. The molecule has 116 valence electrons. The molecule has 1 amide bonds. The summed E-state index contributed by atoms with van der Waals surface area (Å²) in [6, 6.07) is 9.25. The van der Waals surface area contributed by atoms with Gasteiger partial charge in [0.15, 0.2) is 5.11 Å². The molecule has 0 bridgehead atoms. The summed E-state index contributed by atoms with van der Waals surface area (Å²) >= 11 is 10.1. The molecule has 1 aliphatic carbocycles. The zero-order valence-electron chi connectivity index (χ0n) is 12.0. The Balaban J connectivity index is 1.69. The van der Waals surface area contributed by atoms with Gasteiger partial charge in [0.05, 0.1) is 5.56 Å². The van der Waals surface area contributed by atoms with Crippen LogP contribution < -0.4 is 10.6 Å². The molecule has 7 heteroatoms. The van der Waals surface area contributed by atoms with E-state index >= 15 is 0 Å². The third-order valence-corrected chi connectivity index (χ3v) is 5.53. The van der Waals surface area contributed by atoms with Gasteiger partial charge in [-0.25, -0.2) is 0 Å². The molecular formula is C16H12BrN3OS2. The molecule has 2 aromatic rings. The topological polar surface area (TPSA) is 64.9 Å². The Morgan fingerprint density at radius 3 is 2.74 bits per heavy atom. The minimum atomic E-state index is -0.280. The Morgan fingerprint density at radius 1 is 1.30 bits per heavy atom. The summed E-state index contributed by atoms with van der Waals surface area (Å²) in [7, 11) is 0. The molecule has 1 aromatic carbocycles. The number of fused-ring (bicyclic) bond motifs is 1. The maximum absolute atomic E-state index is 12.1. The smallest absolute Gasteiger partial charge is 0.257 e. The molecule has 0 atom stereocenters. The highest BCUT2D eigenvalue weighted by atomic mass is 79.9. The van der Waals surface area contributed by atoms with Gasteiger partial charge >= 0.3 is 0 Å². The number of nitrogens with one attached hydrogen (secondary N) is 2. The Hall–Kier alpha value is -1.75. The van der Waals surface area contributed by atoms with E-state index < -0.39 is 0 Å². The number of thiophene rings is 1. The van der Waals surface area contributed by atoms with E-state index in [2.05, 4.69) is 32.6 Å². The molecule has 0 radical (unpaired) electrons. The standard InChI is InChI=1S/C16H12BrN3OS2/c17-10-6-4-9(5-7-10)14(21)19-16(22)20-15-12(8-18)11-2-1-3-13(11)23-15/h4-7H,1-3H2,(H2,19,20,21,22). The van der Waals surface area contributed by atoms with Crippen molar-refractivity contribution in [3.8, 4) is 6.07 Å². The summed E-state index contributed by atoms with van der Waals surface area (Å²) in [5.74, 6) is -0.280. The molecule has 0 fully saturated rings. The van der Waals surface area contributed by atoms with Crippen LogP contribution in [-0.2, 0) is 12.8 Å². The van der Waals surface area contributed by atoms with Crippen LogP contribution in [0.25, 0.3) is 0 Å². The molecule has 0 spiro atoms. The van der Waals surface area contributed by atoms with Crippen molar-refractivity contribution >= 4 is 55.5 Å². The average Bonchev–Trinajstić information content (AvgIpc) is 3.08. The second-order valence-corrected chi connectivity index (χ2v) is 7.52. The first-order chi connectivity index (χ1) is 11.1. The molecule has 4 nitrogen and oxygen atoms in total. The van der Waals surface area contributed by atoms with E-state index in [9.17, 15) is 10.1 Å². The third-order valence-electron chi connectivity index (χ3n) is 3.59. The predicted octanol–water partition coefficient (Wildman–Crippen LogP) is 4.00. The SMILES string of the molecule is N#Cc1c(NC(=S)NC(=O)c2ccc(Br)cc2)sc2c1CCC2. The lowest BCUT2D eigenvalue weighted by Gasteiger charge is -2.09. The fourth-order valence-electron chi connectivity index (χ4n) is 2.52. The maximum Gasteiger partial charge on any atom is 0.257 e. The fraction of sp³-hybridized carbons (Fsp3) is 0.188. The molecule has 1 aliphatic rings. The average molecular weight is 406 g/mol. The molecule has 0 aliphatic heterocycles. The first kappa shape index (κ1) is 16.1. The summed E-state index contributed by atoms with van der Waals surface area (Å²) < 4.78 is 0.904. The van der Waals surface area contributed by atoms with Crippen LogP contribution in [0.3, 0.4) is 0 Å². The van der Waals surface area contributed by atoms with Gasteiger partial charge in [0.2, 0.25) is 0 Å². The van der Waals surface area contributed by atoms with Crippen molar-refractivity contribution in [2.45, 2.75) is 19.3 Å². The van der Waals surface area contributed by atoms with Gasteiger partial charge in [-0.15, -0.1) is 11.3 Å². The highest BCUT2D eigenvalue weighted by Crippen LogP contribution is 2.38. The van der Waals surface area contributed by atoms with Crippen molar-refractivity contribution < 1.29 is 4.79 Å². The van der Waals surface area contributed by atoms with E-state index in [-0.39, 0.29) is 11.0 Å². The highest BCUT2D eigenvalue weighted by Gasteiger charge is 2.22. The van der Waals surface area contributed by atoms with Crippen LogP contribution in [-0.4, -0.2) is 11.0 Å². The second kappa shape index (κ2) is 6.79. The fourth-order valence-corrected chi connectivity index (χ4v) is 4.29. The van der Waals surface area contributed by atoms with Crippen LogP contribution in [0, 0.1) is 11.3 Å². The number of aryl methyl sites for hydroxylation is 1. The first-order valence-electron chi connectivity index (χ1n) is 7.01. The number of hydrogen-bond acceptors (Lipinski definition) is 4. The first-order valence-corrected chi connectivity index (χ1v) is 9.03. The van der Waals surface area contributed by atoms with E-state index in [0.29, 0.717) is 11.1 Å². The Morgan fingerprint density at radius 2 is 2.04 bits per heavy atom. The zero-order chi connectivity index (χ0) is 16.4. The van der Waals surface area contributed by atoms with Gasteiger partial charge in [0.1, 0.15) is 11.1 Å². The van der Waals surface area contributed by atoms with Crippen LogP contribution in [0.15, 0.2) is 28.7 Å². The van der Waals surface area contributed by atoms with Crippen LogP contribution in [0.1, 0.15) is 32.8 Å². The van der Waals surface area contributed by atoms with Crippen molar-refractivity contribution in [3.05, 3.63) is 50.3 Å². The number of thiocarbonyl (C=S) groups is 1. The van der Waals surface area contributed by atoms with E-state index in [1.807, 2.05) is 0 Å². The van der Waals surface area contributed by atoms with Gasteiger partial charge in [-0.3, -0.25) is 10.1 Å². The van der Waals surface area contributed by atoms with Crippen molar-refractivity contribution in [2.75, 3.05) is 5.32 Å². The molecular weight excluding hydrogens is 394 g/mol. The molecule has 2 N–H and O–H groups in total. The van der Waals surface area contributed by atoms with Gasteiger partial charge in [0.25, 0.3) is 5.91 Å². The lowest BCUT2D eigenvalue weighted by atomic mass is 10.1. The van der Waals surface area contributed by atoms with E-state index in [4.69, 9.17) is 12.2 Å². The molecule has 1 aromatic heterocycles. The van der Waals surface area contributed by atoms with Crippen molar-refractivity contribution in [3.63, 3.8) is 0 Å².